The fourth-order valence-electron chi connectivity index (χ4n) is 2.10. The van der Waals surface area contributed by atoms with Crippen molar-refractivity contribution in [1.82, 2.24) is 45.4 Å². The number of aryl methyl sites for hydroxylation is 2. The summed E-state index contributed by atoms with van der Waals surface area (Å²) in [6.07, 6.45) is -4.63. The van der Waals surface area contributed by atoms with E-state index < -0.39 is 17.8 Å². The predicted octanol–water partition coefficient (Wildman–Crippen LogP) is 0.833. The van der Waals surface area contributed by atoms with Gasteiger partial charge in [-0.2, -0.15) is 18.0 Å². The third-order valence-corrected chi connectivity index (χ3v) is 4.31. The highest BCUT2D eigenvalue weighted by molar-refractivity contribution is 7.97. The molecule has 0 aliphatic heterocycles. The van der Waals surface area contributed by atoms with Crippen LogP contribution < -0.4 is 5.32 Å². The minimum Gasteiger partial charge on any atom is -0.289 e. The zero-order chi connectivity index (χ0) is 20.3. The summed E-state index contributed by atoms with van der Waals surface area (Å²) >= 11 is 1.20. The van der Waals surface area contributed by atoms with Crippen LogP contribution in [0, 0.1) is 0 Å². The molecule has 0 saturated carbocycles. The normalized spacial score (nSPS) is 11.6. The summed E-state index contributed by atoms with van der Waals surface area (Å²) in [5.41, 5.74) is -1.13. The number of hydrogen-bond donors (Lipinski definition) is 1. The molecular weight excluding hydrogens is 401 g/mol. The van der Waals surface area contributed by atoms with Gasteiger partial charge in [-0.3, -0.25) is 10.1 Å². The van der Waals surface area contributed by atoms with Crippen molar-refractivity contribution in [3.63, 3.8) is 0 Å². The minimum absolute atomic E-state index is 0.0180. The van der Waals surface area contributed by atoms with E-state index in [1.807, 2.05) is 0 Å². The lowest BCUT2D eigenvalue weighted by atomic mass is 10.1. The van der Waals surface area contributed by atoms with Gasteiger partial charge >= 0.3 is 6.18 Å². The Morgan fingerprint density at radius 2 is 1.96 bits per heavy atom. The fraction of sp³-hybridized carbons (Fsp3) is 0.385. The molecule has 0 aliphatic rings. The Morgan fingerprint density at radius 3 is 2.57 bits per heavy atom. The molecule has 0 bridgehead atoms. The third kappa shape index (κ3) is 4.59. The quantitative estimate of drug-likeness (QED) is 0.623. The molecule has 0 saturated heterocycles. The summed E-state index contributed by atoms with van der Waals surface area (Å²) in [4.78, 5) is 17.4. The van der Waals surface area contributed by atoms with Gasteiger partial charge in [0.25, 0.3) is 5.91 Å². The van der Waals surface area contributed by atoms with Crippen molar-refractivity contribution in [1.29, 1.82) is 0 Å². The van der Waals surface area contributed by atoms with E-state index in [1.54, 1.807) is 7.05 Å². The Hall–Kier alpha value is -3.10. The number of thioether (sulfide) groups is 1. The number of carbonyl (C=O) groups is 1. The third-order valence-electron chi connectivity index (χ3n) is 3.37. The van der Waals surface area contributed by atoms with Crippen molar-refractivity contribution >= 4 is 23.6 Å². The van der Waals surface area contributed by atoms with Crippen molar-refractivity contribution in [2.45, 2.75) is 17.7 Å². The smallest absolute Gasteiger partial charge is 0.289 e. The Bertz CT molecular complexity index is 985. The van der Waals surface area contributed by atoms with Crippen LogP contribution in [0.2, 0.25) is 0 Å². The first-order valence-electron chi connectivity index (χ1n) is 7.65. The first-order chi connectivity index (χ1) is 13.2. The topological polar surface area (TPSA) is 129 Å². The molecule has 0 unspecified atom stereocenters. The lowest BCUT2D eigenvalue weighted by Crippen LogP contribution is -2.19. The highest BCUT2D eigenvalue weighted by Gasteiger charge is 2.33. The van der Waals surface area contributed by atoms with E-state index in [9.17, 15) is 18.0 Å². The predicted molar refractivity (Wildman–Crippen MR) is 89.8 cm³/mol. The SMILES string of the molecule is Cn1nnc(CSCc2nc(C(F)(F)F)ccc2C(=O)Nc2nnnn2C)n1. The second kappa shape index (κ2) is 7.87. The molecule has 28 heavy (non-hydrogen) atoms. The average molecular weight is 414 g/mol. The zero-order valence-corrected chi connectivity index (χ0v) is 15.4. The maximum atomic E-state index is 13.0. The fourth-order valence-corrected chi connectivity index (χ4v) is 2.91. The van der Waals surface area contributed by atoms with Gasteiger partial charge in [0.2, 0.25) is 5.95 Å². The highest BCUT2D eigenvalue weighted by Crippen LogP contribution is 2.29. The van der Waals surface area contributed by atoms with E-state index in [-0.39, 0.29) is 23.0 Å². The number of pyridine rings is 1. The number of aromatic nitrogens is 9. The molecule has 1 N–H and O–H groups in total. The molecule has 1 amide bonds. The molecule has 0 aromatic carbocycles. The highest BCUT2D eigenvalue weighted by atomic mass is 32.2. The van der Waals surface area contributed by atoms with Crippen LogP contribution in [-0.4, -0.2) is 51.3 Å². The minimum atomic E-state index is -4.63. The summed E-state index contributed by atoms with van der Waals surface area (Å²) in [5.74, 6) is 0.109. The van der Waals surface area contributed by atoms with E-state index in [0.29, 0.717) is 11.6 Å². The van der Waals surface area contributed by atoms with Gasteiger partial charge in [0.15, 0.2) is 5.82 Å². The first kappa shape index (κ1) is 19.7. The van der Waals surface area contributed by atoms with Gasteiger partial charge in [0.1, 0.15) is 5.69 Å². The van der Waals surface area contributed by atoms with Gasteiger partial charge in [-0.1, -0.05) is 5.10 Å². The van der Waals surface area contributed by atoms with E-state index in [2.05, 4.69) is 41.2 Å². The second-order valence-corrected chi connectivity index (χ2v) is 6.44. The molecule has 0 radical (unpaired) electrons. The van der Waals surface area contributed by atoms with Crippen molar-refractivity contribution in [3.8, 4) is 0 Å². The number of halogens is 3. The number of hydrogen-bond acceptors (Lipinski definition) is 9. The molecular formula is C13H13F3N10OS. The van der Waals surface area contributed by atoms with Crippen molar-refractivity contribution in [2.75, 3.05) is 5.32 Å². The van der Waals surface area contributed by atoms with Gasteiger partial charge in [-0.25, -0.2) is 9.67 Å². The molecule has 0 atom stereocenters. The van der Waals surface area contributed by atoms with Crippen molar-refractivity contribution in [2.24, 2.45) is 14.1 Å². The number of anilines is 1. The molecule has 0 aliphatic carbocycles. The molecule has 3 rings (SSSR count). The number of alkyl halides is 3. The Kier molecular flexibility index (Phi) is 5.53. The summed E-state index contributed by atoms with van der Waals surface area (Å²) in [6.45, 7) is 0. The first-order valence-corrected chi connectivity index (χ1v) is 8.81. The maximum Gasteiger partial charge on any atom is 0.433 e. The maximum absolute atomic E-state index is 13.0. The van der Waals surface area contributed by atoms with Crippen LogP contribution in [0.25, 0.3) is 0 Å². The molecule has 148 valence electrons. The molecule has 11 nitrogen and oxygen atoms in total. The van der Waals surface area contributed by atoms with Gasteiger partial charge in [0, 0.05) is 12.8 Å². The molecule has 3 aromatic rings. The van der Waals surface area contributed by atoms with Gasteiger partial charge in [0.05, 0.1) is 24.1 Å². The number of amides is 1. The lowest BCUT2D eigenvalue weighted by molar-refractivity contribution is -0.141. The monoisotopic (exact) mass is 414 g/mol. The molecule has 3 aromatic heterocycles. The molecule has 0 spiro atoms. The molecule has 0 fully saturated rings. The number of nitrogens with one attached hydrogen (secondary N) is 1. The Morgan fingerprint density at radius 1 is 1.18 bits per heavy atom. The van der Waals surface area contributed by atoms with Crippen LogP contribution >= 0.6 is 11.8 Å². The van der Waals surface area contributed by atoms with Crippen LogP contribution in [-0.2, 0) is 31.8 Å². The van der Waals surface area contributed by atoms with Gasteiger partial charge in [-0.05, 0) is 27.8 Å². The average Bonchev–Trinajstić information content (AvgIpc) is 3.22. The molecule has 15 heteroatoms. The molecule has 3 heterocycles. The Balaban J connectivity index is 1.81. The van der Waals surface area contributed by atoms with Crippen LogP contribution in [0.5, 0.6) is 0 Å². The second-order valence-electron chi connectivity index (χ2n) is 5.46. The van der Waals surface area contributed by atoms with Gasteiger partial charge < -0.3 is 0 Å². The largest absolute Gasteiger partial charge is 0.433 e. The van der Waals surface area contributed by atoms with E-state index in [1.165, 1.54) is 28.3 Å². The zero-order valence-electron chi connectivity index (χ0n) is 14.5. The summed E-state index contributed by atoms with van der Waals surface area (Å²) < 4.78 is 40.3. The standard InChI is InChI=1S/C13H13F3N10OS/c1-25-12(20-22-24-25)18-11(27)7-3-4-9(13(14,15)16)17-8(7)5-28-6-10-19-23-26(2)21-10/h3-4H,5-6H2,1-2H3,(H,18,20,24,27). The van der Waals surface area contributed by atoms with Crippen LogP contribution in [0.3, 0.4) is 0 Å². The van der Waals surface area contributed by atoms with E-state index in [4.69, 9.17) is 0 Å². The number of nitrogens with zero attached hydrogens (tertiary/aromatic N) is 9. The summed E-state index contributed by atoms with van der Waals surface area (Å²) in [7, 11) is 3.10. The number of carbonyl (C=O) groups excluding carboxylic acids is 1. The lowest BCUT2D eigenvalue weighted by Gasteiger charge is -2.12. The number of tetrazole rings is 2. The van der Waals surface area contributed by atoms with Crippen LogP contribution in [0.1, 0.15) is 27.6 Å². The van der Waals surface area contributed by atoms with Crippen LogP contribution in [0.4, 0.5) is 19.1 Å². The summed E-state index contributed by atoms with van der Waals surface area (Å²) in [6, 6.07) is 1.83. The number of rotatable bonds is 6. The van der Waals surface area contributed by atoms with E-state index in [0.717, 1.165) is 12.1 Å². The Labute approximate surface area is 159 Å². The van der Waals surface area contributed by atoms with Crippen LogP contribution in [0.15, 0.2) is 12.1 Å². The van der Waals surface area contributed by atoms with E-state index >= 15 is 0 Å². The van der Waals surface area contributed by atoms with Crippen molar-refractivity contribution in [3.05, 3.63) is 34.9 Å². The van der Waals surface area contributed by atoms with Crippen molar-refractivity contribution < 1.29 is 18.0 Å². The summed E-state index contributed by atoms with van der Waals surface area (Å²) in [5, 5.41) is 24.5. The van der Waals surface area contributed by atoms with Gasteiger partial charge in [-0.15, -0.1) is 22.0 Å².